The van der Waals surface area contributed by atoms with Gasteiger partial charge in [0.05, 0.1) is 0 Å². The third-order valence-corrected chi connectivity index (χ3v) is 4.40. The van der Waals surface area contributed by atoms with Gasteiger partial charge in [0, 0.05) is 10.0 Å². The van der Waals surface area contributed by atoms with Crippen molar-refractivity contribution in [2.24, 2.45) is 0 Å². The minimum absolute atomic E-state index is 0.325. The average molecular weight is 297 g/mol. The van der Waals surface area contributed by atoms with Crippen LogP contribution < -0.4 is 5.32 Å². The van der Waals surface area contributed by atoms with Crippen LogP contribution in [0.5, 0.6) is 0 Å². The molecule has 2 nitrogen and oxygen atoms in total. The van der Waals surface area contributed by atoms with Crippen LogP contribution in [0.1, 0.15) is 18.4 Å². The van der Waals surface area contributed by atoms with E-state index in [0.29, 0.717) is 5.54 Å². The molecule has 17 heavy (non-hydrogen) atoms. The zero-order chi connectivity index (χ0) is 12.3. The highest BCUT2D eigenvalue weighted by Crippen LogP contribution is 2.29. The highest BCUT2D eigenvalue weighted by atomic mass is 79.9. The van der Waals surface area contributed by atoms with Crippen LogP contribution in [-0.2, 0) is 6.42 Å². The van der Waals surface area contributed by atoms with Gasteiger partial charge in [-0.2, -0.15) is 0 Å². The number of piperidine rings is 1. The van der Waals surface area contributed by atoms with Gasteiger partial charge in [-0.3, -0.25) is 0 Å². The van der Waals surface area contributed by atoms with Gasteiger partial charge in [0.15, 0.2) is 0 Å². The molecule has 0 amide bonds. The van der Waals surface area contributed by atoms with Crippen LogP contribution in [0.4, 0.5) is 0 Å². The number of hydrogen-bond donors (Lipinski definition) is 1. The van der Waals surface area contributed by atoms with E-state index in [4.69, 9.17) is 0 Å². The molecule has 1 N–H and O–H groups in total. The molecule has 3 heteroatoms. The minimum Gasteiger partial charge on any atom is -0.317 e. The van der Waals surface area contributed by atoms with Gasteiger partial charge in [0.2, 0.25) is 0 Å². The maximum absolute atomic E-state index is 3.56. The Morgan fingerprint density at radius 3 is 2.59 bits per heavy atom. The van der Waals surface area contributed by atoms with Gasteiger partial charge in [-0.25, -0.2) is 0 Å². The molecule has 1 aromatic carbocycles. The number of rotatable bonds is 3. The van der Waals surface area contributed by atoms with E-state index >= 15 is 0 Å². The predicted octanol–water partition coefficient (Wildman–Crippen LogP) is 2.68. The predicted molar refractivity (Wildman–Crippen MR) is 76.4 cm³/mol. The summed E-state index contributed by atoms with van der Waals surface area (Å²) in [5.41, 5.74) is 1.75. The van der Waals surface area contributed by atoms with Crippen molar-refractivity contribution in [3.8, 4) is 0 Å². The number of nitrogens with one attached hydrogen (secondary N) is 1. The second-order valence-electron chi connectivity index (χ2n) is 5.18. The summed E-state index contributed by atoms with van der Waals surface area (Å²) in [5, 5.41) is 3.46. The summed E-state index contributed by atoms with van der Waals surface area (Å²) >= 11 is 3.56. The molecule has 1 aliphatic heterocycles. The third kappa shape index (κ3) is 3.09. The third-order valence-electron chi connectivity index (χ3n) is 3.91. The summed E-state index contributed by atoms with van der Waals surface area (Å²) in [6.45, 7) is 2.26. The Morgan fingerprint density at radius 2 is 2.00 bits per heavy atom. The van der Waals surface area contributed by atoms with Crippen LogP contribution in [0.25, 0.3) is 0 Å². The topological polar surface area (TPSA) is 15.3 Å². The van der Waals surface area contributed by atoms with Crippen molar-refractivity contribution in [3.63, 3.8) is 0 Å². The smallest absolute Gasteiger partial charge is 0.0267 e. The summed E-state index contributed by atoms with van der Waals surface area (Å²) in [4.78, 5) is 2.41. The van der Waals surface area contributed by atoms with Gasteiger partial charge < -0.3 is 10.2 Å². The largest absolute Gasteiger partial charge is 0.317 e. The van der Waals surface area contributed by atoms with Crippen LogP contribution in [0, 0.1) is 0 Å². The first-order chi connectivity index (χ1) is 8.12. The van der Waals surface area contributed by atoms with Crippen molar-refractivity contribution in [1.29, 1.82) is 0 Å². The van der Waals surface area contributed by atoms with Crippen LogP contribution in [0.15, 0.2) is 28.7 Å². The molecule has 0 spiro atoms. The van der Waals surface area contributed by atoms with E-state index in [2.05, 4.69) is 64.5 Å². The standard InChI is InChI=1S/C14H21BrN2/c1-17(2)14(6-8-16-9-7-14)11-12-4-3-5-13(15)10-12/h3-5,10,16H,6-9,11H2,1-2H3. The fraction of sp³-hybridized carbons (Fsp3) is 0.571. The zero-order valence-electron chi connectivity index (χ0n) is 10.7. The lowest BCUT2D eigenvalue weighted by atomic mass is 9.81. The molecule has 0 bridgehead atoms. The fourth-order valence-corrected chi connectivity index (χ4v) is 3.15. The van der Waals surface area contributed by atoms with Gasteiger partial charge in [-0.1, -0.05) is 28.1 Å². The van der Waals surface area contributed by atoms with Crippen LogP contribution in [0.3, 0.4) is 0 Å². The van der Waals surface area contributed by atoms with E-state index in [1.54, 1.807) is 0 Å². The van der Waals surface area contributed by atoms with Crippen molar-refractivity contribution in [3.05, 3.63) is 34.3 Å². The van der Waals surface area contributed by atoms with Gasteiger partial charge >= 0.3 is 0 Å². The number of hydrogen-bond acceptors (Lipinski definition) is 2. The second-order valence-corrected chi connectivity index (χ2v) is 6.09. The van der Waals surface area contributed by atoms with Gasteiger partial charge in [-0.15, -0.1) is 0 Å². The Morgan fingerprint density at radius 1 is 1.29 bits per heavy atom. The first-order valence-electron chi connectivity index (χ1n) is 6.25. The Balaban J connectivity index is 2.17. The van der Waals surface area contributed by atoms with Crippen molar-refractivity contribution >= 4 is 15.9 Å². The quantitative estimate of drug-likeness (QED) is 0.923. The maximum Gasteiger partial charge on any atom is 0.0267 e. The van der Waals surface area contributed by atoms with E-state index in [0.717, 1.165) is 19.5 Å². The Hall–Kier alpha value is -0.380. The lowest BCUT2D eigenvalue weighted by molar-refractivity contribution is 0.108. The van der Waals surface area contributed by atoms with Crippen LogP contribution in [0.2, 0.25) is 0 Å². The molecular formula is C14H21BrN2. The van der Waals surface area contributed by atoms with Gasteiger partial charge in [0.1, 0.15) is 0 Å². The molecule has 0 radical (unpaired) electrons. The van der Waals surface area contributed by atoms with Crippen molar-refractivity contribution < 1.29 is 0 Å². The molecule has 1 heterocycles. The van der Waals surface area contributed by atoms with Crippen molar-refractivity contribution in [2.75, 3.05) is 27.2 Å². The van der Waals surface area contributed by atoms with Crippen molar-refractivity contribution in [1.82, 2.24) is 10.2 Å². The molecule has 1 saturated heterocycles. The van der Waals surface area contributed by atoms with E-state index in [9.17, 15) is 0 Å². The SMILES string of the molecule is CN(C)C1(Cc2cccc(Br)c2)CCNCC1. The molecule has 94 valence electrons. The summed E-state index contributed by atoms with van der Waals surface area (Å²) < 4.78 is 1.18. The molecule has 1 aliphatic rings. The molecule has 1 fully saturated rings. The van der Waals surface area contributed by atoms with Crippen LogP contribution >= 0.6 is 15.9 Å². The number of benzene rings is 1. The summed E-state index contributed by atoms with van der Waals surface area (Å²) in [6, 6.07) is 8.70. The van der Waals surface area contributed by atoms with Gasteiger partial charge in [-0.05, 0) is 64.1 Å². The average Bonchev–Trinajstić information content (AvgIpc) is 2.30. The molecule has 1 aromatic rings. The van der Waals surface area contributed by atoms with E-state index in [1.807, 2.05) is 0 Å². The number of nitrogens with zero attached hydrogens (tertiary/aromatic N) is 1. The molecule has 2 rings (SSSR count). The molecule has 0 unspecified atom stereocenters. The normalized spacial score (nSPS) is 19.5. The number of halogens is 1. The summed E-state index contributed by atoms with van der Waals surface area (Å²) in [6.07, 6.45) is 3.60. The second kappa shape index (κ2) is 5.51. The molecular weight excluding hydrogens is 276 g/mol. The zero-order valence-corrected chi connectivity index (χ0v) is 12.3. The minimum atomic E-state index is 0.325. The molecule has 0 aromatic heterocycles. The molecule has 0 aliphatic carbocycles. The van der Waals surface area contributed by atoms with Crippen molar-refractivity contribution in [2.45, 2.75) is 24.8 Å². The Labute approximate surface area is 113 Å². The van der Waals surface area contributed by atoms with E-state index in [-0.39, 0.29) is 0 Å². The van der Waals surface area contributed by atoms with Gasteiger partial charge in [0.25, 0.3) is 0 Å². The van der Waals surface area contributed by atoms with Crippen LogP contribution in [-0.4, -0.2) is 37.6 Å². The van der Waals surface area contributed by atoms with E-state index in [1.165, 1.54) is 22.9 Å². The number of likely N-dealkylation sites (N-methyl/N-ethyl adjacent to an activating group) is 1. The monoisotopic (exact) mass is 296 g/mol. The molecule has 0 atom stereocenters. The lowest BCUT2D eigenvalue weighted by Gasteiger charge is -2.43. The highest BCUT2D eigenvalue weighted by Gasteiger charge is 2.34. The summed E-state index contributed by atoms with van der Waals surface area (Å²) in [5.74, 6) is 0. The Bertz CT molecular complexity index is 370. The Kier molecular flexibility index (Phi) is 4.23. The lowest BCUT2D eigenvalue weighted by Crippen LogP contribution is -2.53. The fourth-order valence-electron chi connectivity index (χ4n) is 2.70. The molecule has 0 saturated carbocycles. The first-order valence-corrected chi connectivity index (χ1v) is 7.04. The maximum atomic E-state index is 3.56. The summed E-state index contributed by atoms with van der Waals surface area (Å²) in [7, 11) is 4.42. The first kappa shape index (κ1) is 13.1. The highest BCUT2D eigenvalue weighted by molar-refractivity contribution is 9.10. The van der Waals surface area contributed by atoms with E-state index < -0.39 is 0 Å².